The Morgan fingerprint density at radius 3 is 2.61 bits per heavy atom. The van der Waals surface area contributed by atoms with Gasteiger partial charge in [0.05, 0.1) is 6.04 Å². The summed E-state index contributed by atoms with van der Waals surface area (Å²) in [7, 11) is 0. The van der Waals surface area contributed by atoms with Gasteiger partial charge in [0.15, 0.2) is 11.5 Å². The first-order valence-electron chi connectivity index (χ1n) is 7.63. The van der Waals surface area contributed by atoms with Crippen LogP contribution in [0.4, 0.5) is 0 Å². The van der Waals surface area contributed by atoms with E-state index in [9.17, 15) is 0 Å². The SMILES string of the molecule is C=Cc1ccccc1C=N[C@@H]1COc2cc3c(cc2C1)OCO3. The van der Waals surface area contributed by atoms with Crippen molar-refractivity contribution in [2.24, 2.45) is 4.99 Å². The van der Waals surface area contributed by atoms with Gasteiger partial charge in [0.2, 0.25) is 6.79 Å². The molecule has 0 radical (unpaired) electrons. The Bertz CT molecular complexity index is 782. The zero-order valence-corrected chi connectivity index (χ0v) is 12.7. The summed E-state index contributed by atoms with van der Waals surface area (Å²) in [6, 6.07) is 12.1. The fraction of sp³-hybridized carbons (Fsp3) is 0.211. The summed E-state index contributed by atoms with van der Waals surface area (Å²) in [5.74, 6) is 2.41. The number of nitrogens with zero attached hydrogens (tertiary/aromatic N) is 1. The van der Waals surface area contributed by atoms with Gasteiger partial charge in [-0.2, -0.15) is 0 Å². The lowest BCUT2D eigenvalue weighted by atomic mass is 10.0. The number of hydrogen-bond acceptors (Lipinski definition) is 4. The van der Waals surface area contributed by atoms with Gasteiger partial charge < -0.3 is 14.2 Å². The van der Waals surface area contributed by atoms with Crippen LogP contribution in [0.5, 0.6) is 17.2 Å². The van der Waals surface area contributed by atoms with Crippen molar-refractivity contribution < 1.29 is 14.2 Å². The zero-order chi connectivity index (χ0) is 15.6. The summed E-state index contributed by atoms with van der Waals surface area (Å²) in [6.45, 7) is 4.68. The van der Waals surface area contributed by atoms with Crippen molar-refractivity contribution in [3.05, 3.63) is 59.7 Å². The lowest BCUT2D eigenvalue weighted by Gasteiger charge is -2.23. The minimum absolute atomic E-state index is 0.0979. The molecule has 0 spiro atoms. The normalized spacial score (nSPS) is 18.5. The van der Waals surface area contributed by atoms with Gasteiger partial charge in [0, 0.05) is 24.3 Å². The summed E-state index contributed by atoms with van der Waals surface area (Å²) in [4.78, 5) is 4.68. The van der Waals surface area contributed by atoms with Crippen LogP contribution in [0.15, 0.2) is 48.0 Å². The van der Waals surface area contributed by atoms with Crippen LogP contribution in [0.1, 0.15) is 16.7 Å². The molecule has 2 aliphatic heterocycles. The molecule has 4 rings (SSSR count). The third kappa shape index (κ3) is 2.68. The second-order valence-corrected chi connectivity index (χ2v) is 5.59. The van der Waals surface area contributed by atoms with Gasteiger partial charge in [0.25, 0.3) is 0 Å². The molecule has 1 atom stereocenters. The summed E-state index contributed by atoms with van der Waals surface area (Å²) in [6.07, 6.45) is 4.58. The maximum atomic E-state index is 5.84. The lowest BCUT2D eigenvalue weighted by molar-refractivity contribution is 0.174. The average molecular weight is 307 g/mol. The van der Waals surface area contributed by atoms with Crippen molar-refractivity contribution in [3.63, 3.8) is 0 Å². The third-order valence-corrected chi connectivity index (χ3v) is 4.08. The van der Waals surface area contributed by atoms with Crippen LogP contribution in [0.3, 0.4) is 0 Å². The predicted molar refractivity (Wildman–Crippen MR) is 89.7 cm³/mol. The average Bonchev–Trinajstić information content (AvgIpc) is 3.05. The van der Waals surface area contributed by atoms with E-state index in [1.54, 1.807) is 0 Å². The molecule has 2 aliphatic rings. The Kier molecular flexibility index (Phi) is 3.50. The molecule has 116 valence electrons. The Morgan fingerprint density at radius 2 is 1.78 bits per heavy atom. The summed E-state index contributed by atoms with van der Waals surface area (Å²) in [5, 5.41) is 0. The van der Waals surface area contributed by atoms with E-state index in [1.807, 2.05) is 48.7 Å². The molecule has 0 saturated heterocycles. The second kappa shape index (κ2) is 5.80. The van der Waals surface area contributed by atoms with E-state index in [0.717, 1.165) is 40.4 Å². The van der Waals surface area contributed by atoms with Crippen LogP contribution in [0, 0.1) is 0 Å². The van der Waals surface area contributed by atoms with Gasteiger partial charge in [-0.15, -0.1) is 0 Å². The molecule has 0 bridgehead atoms. The van der Waals surface area contributed by atoms with Crippen molar-refractivity contribution in [1.82, 2.24) is 0 Å². The third-order valence-electron chi connectivity index (χ3n) is 4.08. The Balaban J connectivity index is 1.54. The number of aliphatic imine (C=N–C) groups is 1. The second-order valence-electron chi connectivity index (χ2n) is 5.59. The molecule has 0 saturated carbocycles. The van der Waals surface area contributed by atoms with Crippen LogP contribution in [-0.4, -0.2) is 25.7 Å². The number of rotatable bonds is 3. The van der Waals surface area contributed by atoms with E-state index >= 15 is 0 Å². The lowest BCUT2D eigenvalue weighted by Crippen LogP contribution is -2.24. The molecule has 0 fully saturated rings. The van der Waals surface area contributed by atoms with Crippen LogP contribution in [0.2, 0.25) is 0 Å². The summed E-state index contributed by atoms with van der Waals surface area (Å²) >= 11 is 0. The largest absolute Gasteiger partial charge is 0.491 e. The fourth-order valence-electron chi connectivity index (χ4n) is 2.85. The maximum absolute atomic E-state index is 5.84. The molecule has 0 aliphatic carbocycles. The van der Waals surface area contributed by atoms with E-state index in [1.165, 1.54) is 0 Å². The minimum Gasteiger partial charge on any atom is -0.491 e. The van der Waals surface area contributed by atoms with Gasteiger partial charge >= 0.3 is 0 Å². The Labute approximate surface area is 135 Å². The first kappa shape index (κ1) is 13.9. The minimum atomic E-state index is 0.0979. The van der Waals surface area contributed by atoms with Gasteiger partial charge in [-0.1, -0.05) is 36.9 Å². The molecule has 2 aromatic rings. The summed E-state index contributed by atoms with van der Waals surface area (Å²) in [5.41, 5.74) is 3.26. The van der Waals surface area contributed by atoms with Crippen molar-refractivity contribution >= 4 is 12.3 Å². The first-order chi connectivity index (χ1) is 11.3. The number of fused-ring (bicyclic) bond motifs is 2. The molecule has 2 heterocycles. The highest BCUT2D eigenvalue weighted by Crippen LogP contribution is 2.40. The van der Waals surface area contributed by atoms with Crippen molar-refractivity contribution in [2.75, 3.05) is 13.4 Å². The van der Waals surface area contributed by atoms with E-state index in [-0.39, 0.29) is 12.8 Å². The topological polar surface area (TPSA) is 40.0 Å². The summed E-state index contributed by atoms with van der Waals surface area (Å²) < 4.78 is 16.6. The van der Waals surface area contributed by atoms with Crippen molar-refractivity contribution in [2.45, 2.75) is 12.5 Å². The highest BCUT2D eigenvalue weighted by atomic mass is 16.7. The van der Waals surface area contributed by atoms with Crippen molar-refractivity contribution in [3.8, 4) is 17.2 Å². The standard InChI is InChI=1S/C19H17NO3/c1-2-13-5-3-4-6-14(13)10-20-16-7-15-8-18-19(23-12-22-18)9-17(15)21-11-16/h2-6,8-10,16H,1,7,11-12H2/t16-/m0/s1. The fourth-order valence-corrected chi connectivity index (χ4v) is 2.85. The predicted octanol–water partition coefficient (Wildman–Crippen LogP) is 3.48. The molecule has 4 heteroatoms. The van der Waals surface area contributed by atoms with E-state index in [2.05, 4.69) is 11.6 Å². The smallest absolute Gasteiger partial charge is 0.231 e. The van der Waals surface area contributed by atoms with Crippen LogP contribution in [0.25, 0.3) is 6.08 Å². The quantitative estimate of drug-likeness (QED) is 0.815. The van der Waals surface area contributed by atoms with E-state index in [0.29, 0.717) is 6.61 Å². The van der Waals surface area contributed by atoms with Crippen LogP contribution >= 0.6 is 0 Å². The monoisotopic (exact) mass is 307 g/mol. The molecular weight excluding hydrogens is 290 g/mol. The Hall–Kier alpha value is -2.75. The first-order valence-corrected chi connectivity index (χ1v) is 7.63. The van der Waals surface area contributed by atoms with Crippen LogP contribution in [-0.2, 0) is 6.42 Å². The van der Waals surface area contributed by atoms with Gasteiger partial charge in [-0.05, 0) is 17.2 Å². The highest BCUT2D eigenvalue weighted by Gasteiger charge is 2.24. The molecule has 4 nitrogen and oxygen atoms in total. The van der Waals surface area contributed by atoms with Gasteiger partial charge in [-0.3, -0.25) is 4.99 Å². The zero-order valence-electron chi connectivity index (χ0n) is 12.7. The molecule has 23 heavy (non-hydrogen) atoms. The molecule has 0 amide bonds. The van der Waals surface area contributed by atoms with E-state index in [4.69, 9.17) is 14.2 Å². The molecule has 0 unspecified atom stereocenters. The maximum Gasteiger partial charge on any atom is 0.231 e. The van der Waals surface area contributed by atoms with Crippen LogP contribution < -0.4 is 14.2 Å². The Morgan fingerprint density at radius 1 is 1.00 bits per heavy atom. The van der Waals surface area contributed by atoms with Gasteiger partial charge in [0.1, 0.15) is 12.4 Å². The number of hydrogen-bond donors (Lipinski definition) is 0. The van der Waals surface area contributed by atoms with E-state index < -0.39 is 0 Å². The molecule has 0 N–H and O–H groups in total. The van der Waals surface area contributed by atoms with Crippen molar-refractivity contribution in [1.29, 1.82) is 0 Å². The number of ether oxygens (including phenoxy) is 3. The molecule has 0 aromatic heterocycles. The van der Waals surface area contributed by atoms with Gasteiger partial charge in [-0.25, -0.2) is 0 Å². The highest BCUT2D eigenvalue weighted by molar-refractivity contribution is 5.85. The molecule has 2 aromatic carbocycles. The molecular formula is C19H17NO3. The number of benzene rings is 2.